The molecule has 0 aliphatic rings. The molecule has 0 aromatic rings. The molecule has 0 radical (unpaired) electrons. The molecular formula is C8H12F2. The SMILES string of the molecule is CC/C(C)=C\C(F)=C(/C)F. The zero-order valence-electron chi connectivity index (χ0n) is 6.54. The molecule has 0 N–H and O–H groups in total. The van der Waals surface area contributed by atoms with Gasteiger partial charge in [-0.2, -0.15) is 0 Å². The van der Waals surface area contributed by atoms with Crippen LogP contribution in [0.2, 0.25) is 0 Å². The number of hydrogen-bond acceptors (Lipinski definition) is 0. The zero-order chi connectivity index (χ0) is 8.15. The highest BCUT2D eigenvalue weighted by molar-refractivity contribution is 5.18. The Kier molecular flexibility index (Phi) is 3.93. The van der Waals surface area contributed by atoms with Crippen LogP contribution < -0.4 is 0 Å². The summed E-state index contributed by atoms with van der Waals surface area (Å²) in [4.78, 5) is 0. The van der Waals surface area contributed by atoms with Gasteiger partial charge in [0, 0.05) is 0 Å². The fourth-order valence-electron chi connectivity index (χ4n) is 0.418. The van der Waals surface area contributed by atoms with Crippen molar-refractivity contribution in [3.63, 3.8) is 0 Å². The van der Waals surface area contributed by atoms with Crippen molar-refractivity contribution in [1.82, 2.24) is 0 Å². The van der Waals surface area contributed by atoms with Gasteiger partial charge in [0.2, 0.25) is 0 Å². The second-order valence-electron chi connectivity index (χ2n) is 2.23. The van der Waals surface area contributed by atoms with E-state index in [1.54, 1.807) is 6.92 Å². The summed E-state index contributed by atoms with van der Waals surface area (Å²) in [5.74, 6) is -1.52. The van der Waals surface area contributed by atoms with E-state index in [-0.39, 0.29) is 0 Å². The van der Waals surface area contributed by atoms with E-state index < -0.39 is 11.7 Å². The highest BCUT2D eigenvalue weighted by Gasteiger charge is 1.95. The first-order chi connectivity index (χ1) is 4.57. The molecule has 0 spiro atoms. The predicted molar refractivity (Wildman–Crippen MR) is 39.0 cm³/mol. The molecule has 0 aromatic carbocycles. The van der Waals surface area contributed by atoms with Gasteiger partial charge in [-0.1, -0.05) is 12.5 Å². The Morgan fingerprint density at radius 1 is 1.30 bits per heavy atom. The van der Waals surface area contributed by atoms with Crippen molar-refractivity contribution in [2.24, 2.45) is 0 Å². The summed E-state index contributed by atoms with van der Waals surface area (Å²) in [7, 11) is 0. The van der Waals surface area contributed by atoms with E-state index in [4.69, 9.17) is 0 Å². The normalized spacial score (nSPS) is 15.1. The standard InChI is InChI=1S/C8H12F2/c1-4-6(2)5-8(10)7(3)9/h5H,4H2,1-3H3/b6-5-,8-7-. The van der Waals surface area contributed by atoms with Crippen molar-refractivity contribution < 1.29 is 8.78 Å². The minimum Gasteiger partial charge on any atom is -0.209 e. The molecule has 0 rings (SSSR count). The first-order valence-corrected chi connectivity index (χ1v) is 3.27. The maximum atomic E-state index is 12.4. The maximum Gasteiger partial charge on any atom is 0.154 e. The average molecular weight is 146 g/mol. The summed E-state index contributed by atoms with van der Waals surface area (Å²) in [6, 6.07) is 0. The van der Waals surface area contributed by atoms with E-state index in [0.717, 1.165) is 18.9 Å². The van der Waals surface area contributed by atoms with Crippen LogP contribution in [0.25, 0.3) is 0 Å². The zero-order valence-corrected chi connectivity index (χ0v) is 6.54. The molecule has 0 nitrogen and oxygen atoms in total. The molecule has 0 amide bonds. The first-order valence-electron chi connectivity index (χ1n) is 3.27. The van der Waals surface area contributed by atoms with Crippen molar-refractivity contribution in [3.05, 3.63) is 23.3 Å². The summed E-state index contributed by atoms with van der Waals surface area (Å²) in [6.07, 6.45) is 1.97. The lowest BCUT2D eigenvalue weighted by molar-refractivity contribution is 0.554. The van der Waals surface area contributed by atoms with Crippen molar-refractivity contribution in [2.75, 3.05) is 0 Å². The Balaban J connectivity index is 4.27. The van der Waals surface area contributed by atoms with Crippen LogP contribution in [0.4, 0.5) is 8.78 Å². The highest BCUT2D eigenvalue weighted by atomic mass is 19.2. The average Bonchev–Trinajstić information content (AvgIpc) is 1.87. The molecule has 2 heteroatoms. The van der Waals surface area contributed by atoms with Gasteiger partial charge < -0.3 is 0 Å². The van der Waals surface area contributed by atoms with Crippen molar-refractivity contribution >= 4 is 0 Å². The summed E-state index contributed by atoms with van der Waals surface area (Å²) >= 11 is 0. The molecule has 0 saturated heterocycles. The lowest BCUT2D eigenvalue weighted by atomic mass is 10.2. The maximum absolute atomic E-state index is 12.4. The van der Waals surface area contributed by atoms with Crippen molar-refractivity contribution in [1.29, 1.82) is 0 Å². The Morgan fingerprint density at radius 3 is 2.10 bits per heavy atom. The van der Waals surface area contributed by atoms with Gasteiger partial charge in [-0.15, -0.1) is 0 Å². The second-order valence-corrected chi connectivity index (χ2v) is 2.23. The fourth-order valence-corrected chi connectivity index (χ4v) is 0.418. The van der Waals surface area contributed by atoms with Gasteiger partial charge in [-0.25, -0.2) is 8.78 Å². The smallest absolute Gasteiger partial charge is 0.154 e. The topological polar surface area (TPSA) is 0 Å². The lowest BCUT2D eigenvalue weighted by Crippen LogP contribution is -1.75. The van der Waals surface area contributed by atoms with Crippen LogP contribution in [0.5, 0.6) is 0 Å². The van der Waals surface area contributed by atoms with Crippen molar-refractivity contribution in [3.8, 4) is 0 Å². The molecule has 10 heavy (non-hydrogen) atoms. The molecule has 0 fully saturated rings. The van der Waals surface area contributed by atoms with Crippen LogP contribution in [0.15, 0.2) is 23.3 Å². The van der Waals surface area contributed by atoms with Crippen molar-refractivity contribution in [2.45, 2.75) is 27.2 Å². The number of rotatable bonds is 2. The van der Waals surface area contributed by atoms with Crippen LogP contribution >= 0.6 is 0 Å². The first kappa shape index (κ1) is 9.34. The van der Waals surface area contributed by atoms with Gasteiger partial charge >= 0.3 is 0 Å². The van der Waals surface area contributed by atoms with Gasteiger partial charge in [-0.05, 0) is 26.3 Å². The number of hydrogen-bond donors (Lipinski definition) is 0. The van der Waals surface area contributed by atoms with E-state index in [9.17, 15) is 8.78 Å². The summed E-state index contributed by atoms with van der Waals surface area (Å²) < 4.78 is 24.4. The molecular weight excluding hydrogens is 134 g/mol. The third-order valence-electron chi connectivity index (χ3n) is 1.26. The minimum atomic E-state index is -0.764. The molecule has 0 heterocycles. The molecule has 0 aliphatic heterocycles. The van der Waals surface area contributed by atoms with E-state index in [1.165, 1.54) is 6.08 Å². The van der Waals surface area contributed by atoms with Crippen LogP contribution in [-0.4, -0.2) is 0 Å². The Morgan fingerprint density at radius 2 is 1.80 bits per heavy atom. The monoisotopic (exact) mass is 146 g/mol. The summed E-state index contributed by atoms with van der Waals surface area (Å²) in [5.41, 5.74) is 0.842. The van der Waals surface area contributed by atoms with Crippen LogP contribution in [0.1, 0.15) is 27.2 Å². The van der Waals surface area contributed by atoms with E-state index >= 15 is 0 Å². The van der Waals surface area contributed by atoms with E-state index in [2.05, 4.69) is 0 Å². The number of allylic oxidation sites excluding steroid dienone is 4. The van der Waals surface area contributed by atoms with Gasteiger partial charge in [0.15, 0.2) is 5.83 Å². The molecule has 0 unspecified atom stereocenters. The predicted octanol–water partition coefficient (Wildman–Crippen LogP) is 3.51. The quantitative estimate of drug-likeness (QED) is 0.523. The number of halogens is 2. The fraction of sp³-hybridized carbons (Fsp3) is 0.500. The van der Waals surface area contributed by atoms with Gasteiger partial charge in [0.05, 0.1) is 0 Å². The van der Waals surface area contributed by atoms with Gasteiger partial charge in [0.25, 0.3) is 0 Å². The molecule has 0 aliphatic carbocycles. The third kappa shape index (κ3) is 3.38. The molecule has 0 aromatic heterocycles. The van der Waals surface area contributed by atoms with Crippen LogP contribution in [0, 0.1) is 0 Å². The largest absolute Gasteiger partial charge is 0.209 e. The molecule has 0 atom stereocenters. The van der Waals surface area contributed by atoms with Gasteiger partial charge in [-0.3, -0.25) is 0 Å². The second kappa shape index (κ2) is 4.20. The third-order valence-corrected chi connectivity index (χ3v) is 1.26. The highest BCUT2D eigenvalue weighted by Crippen LogP contribution is 2.11. The Bertz CT molecular complexity index is 162. The molecule has 0 saturated carbocycles. The molecule has 58 valence electrons. The Hall–Kier alpha value is -0.660. The summed E-state index contributed by atoms with van der Waals surface area (Å²) in [6.45, 7) is 4.77. The van der Waals surface area contributed by atoms with Crippen LogP contribution in [0.3, 0.4) is 0 Å². The van der Waals surface area contributed by atoms with Crippen LogP contribution in [-0.2, 0) is 0 Å². The van der Waals surface area contributed by atoms with E-state index in [1.807, 2.05) is 6.92 Å². The molecule has 0 bridgehead atoms. The lowest BCUT2D eigenvalue weighted by Gasteiger charge is -1.92. The van der Waals surface area contributed by atoms with Gasteiger partial charge in [0.1, 0.15) is 5.83 Å². The Labute approximate surface area is 60.2 Å². The summed E-state index contributed by atoms with van der Waals surface area (Å²) in [5, 5.41) is 0. The minimum absolute atomic E-state index is 0.751. The van der Waals surface area contributed by atoms with E-state index in [0.29, 0.717) is 0 Å².